The second-order valence-corrected chi connectivity index (χ2v) is 6.21. The van der Waals surface area contributed by atoms with Crippen LogP contribution in [0.15, 0.2) is 28.1 Å². The van der Waals surface area contributed by atoms with E-state index in [0.717, 1.165) is 4.88 Å². The summed E-state index contributed by atoms with van der Waals surface area (Å²) in [5.41, 5.74) is 0.482. The number of rotatable bonds is 3. The zero-order valence-electron chi connectivity index (χ0n) is 9.31. The van der Waals surface area contributed by atoms with Crippen LogP contribution in [0.4, 0.5) is 4.39 Å². The average Bonchev–Trinajstić information content (AvgIpc) is 2.77. The highest BCUT2D eigenvalue weighted by atomic mass is 79.9. The Labute approximate surface area is 127 Å². The van der Waals surface area contributed by atoms with Crippen molar-refractivity contribution in [1.29, 1.82) is 0 Å². The van der Waals surface area contributed by atoms with Gasteiger partial charge in [-0.15, -0.1) is 11.3 Å². The molecule has 2 rings (SSSR count). The zero-order valence-corrected chi connectivity index (χ0v) is 13.2. The molecule has 1 nitrogen and oxygen atoms in total. The van der Waals surface area contributed by atoms with Crippen LogP contribution in [0.1, 0.15) is 16.5 Å². The molecule has 1 unspecified atom stereocenters. The molecule has 0 amide bonds. The van der Waals surface area contributed by atoms with Gasteiger partial charge in [0.25, 0.3) is 0 Å². The Bertz CT molecular complexity index is 573. The fourth-order valence-electron chi connectivity index (χ4n) is 1.70. The topological polar surface area (TPSA) is 12.0 Å². The Morgan fingerprint density at radius 2 is 2.06 bits per heavy atom. The van der Waals surface area contributed by atoms with Crippen molar-refractivity contribution in [2.24, 2.45) is 0 Å². The Kier molecular flexibility index (Phi) is 4.67. The quantitative estimate of drug-likeness (QED) is 0.728. The Balaban J connectivity index is 2.53. The predicted octanol–water partition coefficient (Wildman–Crippen LogP) is 5.27. The van der Waals surface area contributed by atoms with Crippen molar-refractivity contribution in [2.45, 2.75) is 6.04 Å². The third-order valence-corrected chi connectivity index (χ3v) is 5.25. The van der Waals surface area contributed by atoms with Gasteiger partial charge in [-0.05, 0) is 40.5 Å². The molecule has 96 valence electrons. The summed E-state index contributed by atoms with van der Waals surface area (Å²) < 4.78 is 14.7. The fraction of sp³-hybridized carbons (Fsp3) is 0.167. The molecule has 0 radical (unpaired) electrons. The van der Waals surface area contributed by atoms with Crippen LogP contribution in [0.5, 0.6) is 0 Å². The molecule has 0 saturated carbocycles. The van der Waals surface area contributed by atoms with E-state index >= 15 is 0 Å². The number of thiophene rings is 1. The van der Waals surface area contributed by atoms with Gasteiger partial charge < -0.3 is 5.32 Å². The lowest BCUT2D eigenvalue weighted by Gasteiger charge is -2.17. The number of halogens is 4. The van der Waals surface area contributed by atoms with Crippen molar-refractivity contribution in [1.82, 2.24) is 5.32 Å². The van der Waals surface area contributed by atoms with E-state index in [1.807, 2.05) is 5.38 Å². The standard InChI is InChI=1S/C12H9BrCl2FNS/c1-17-11(12-8(14)4-5-18-12)6-2-3-7(13)9(15)10(6)16/h2-5,11,17H,1H3. The largest absolute Gasteiger partial charge is 0.309 e. The smallest absolute Gasteiger partial charge is 0.148 e. The van der Waals surface area contributed by atoms with Gasteiger partial charge in [0.15, 0.2) is 0 Å². The van der Waals surface area contributed by atoms with E-state index in [4.69, 9.17) is 23.2 Å². The summed E-state index contributed by atoms with van der Waals surface area (Å²) in [6.45, 7) is 0. The van der Waals surface area contributed by atoms with Crippen molar-refractivity contribution in [2.75, 3.05) is 7.05 Å². The summed E-state index contributed by atoms with van der Waals surface area (Å²) in [5.74, 6) is -0.435. The van der Waals surface area contributed by atoms with Crippen LogP contribution in [0.3, 0.4) is 0 Å². The maximum Gasteiger partial charge on any atom is 0.148 e. The first-order valence-corrected chi connectivity index (χ1v) is 7.52. The van der Waals surface area contributed by atoms with Crippen LogP contribution in [0.2, 0.25) is 10.0 Å². The predicted molar refractivity (Wildman–Crippen MR) is 79.3 cm³/mol. The molecule has 18 heavy (non-hydrogen) atoms. The van der Waals surface area contributed by atoms with E-state index in [1.165, 1.54) is 11.3 Å². The first-order valence-electron chi connectivity index (χ1n) is 5.09. The second kappa shape index (κ2) is 5.88. The number of benzene rings is 1. The maximum atomic E-state index is 14.2. The molecule has 0 saturated heterocycles. The Morgan fingerprint density at radius 3 is 2.61 bits per heavy atom. The van der Waals surface area contributed by atoms with Gasteiger partial charge in [-0.25, -0.2) is 4.39 Å². The monoisotopic (exact) mass is 367 g/mol. The van der Waals surface area contributed by atoms with E-state index < -0.39 is 5.82 Å². The van der Waals surface area contributed by atoms with Gasteiger partial charge in [-0.3, -0.25) is 0 Å². The third kappa shape index (κ3) is 2.58. The molecule has 1 heterocycles. The highest BCUT2D eigenvalue weighted by Crippen LogP contribution is 2.37. The number of hydrogen-bond acceptors (Lipinski definition) is 2. The molecular formula is C12H9BrCl2FNS. The van der Waals surface area contributed by atoms with Crippen molar-refractivity contribution in [3.05, 3.63) is 54.4 Å². The van der Waals surface area contributed by atoms with Crippen molar-refractivity contribution in [3.8, 4) is 0 Å². The van der Waals surface area contributed by atoms with Crippen molar-refractivity contribution < 1.29 is 4.39 Å². The molecule has 1 atom stereocenters. The lowest BCUT2D eigenvalue weighted by molar-refractivity contribution is 0.579. The Morgan fingerprint density at radius 1 is 1.33 bits per heavy atom. The van der Waals surface area contributed by atoms with Crippen LogP contribution in [0, 0.1) is 5.82 Å². The maximum absolute atomic E-state index is 14.2. The first kappa shape index (κ1) is 14.3. The molecule has 0 bridgehead atoms. The SMILES string of the molecule is CNC(c1ccc(Br)c(Cl)c1F)c1sccc1Cl. The van der Waals surface area contributed by atoms with Crippen LogP contribution in [0.25, 0.3) is 0 Å². The van der Waals surface area contributed by atoms with Gasteiger partial charge >= 0.3 is 0 Å². The molecular weight excluding hydrogens is 360 g/mol. The van der Waals surface area contributed by atoms with Crippen LogP contribution in [-0.4, -0.2) is 7.05 Å². The van der Waals surface area contributed by atoms with Gasteiger partial charge in [0, 0.05) is 14.9 Å². The molecule has 1 N–H and O–H groups in total. The highest BCUT2D eigenvalue weighted by Gasteiger charge is 2.22. The number of hydrogen-bond donors (Lipinski definition) is 1. The summed E-state index contributed by atoms with van der Waals surface area (Å²) in [7, 11) is 1.76. The molecule has 0 aliphatic carbocycles. The summed E-state index contributed by atoms with van der Waals surface area (Å²) in [6, 6.07) is 4.92. The van der Waals surface area contributed by atoms with E-state index in [9.17, 15) is 4.39 Å². The van der Waals surface area contributed by atoms with Gasteiger partial charge in [-0.2, -0.15) is 0 Å². The minimum absolute atomic E-state index is 0.0837. The summed E-state index contributed by atoms with van der Waals surface area (Å²) in [5, 5.41) is 5.64. The van der Waals surface area contributed by atoms with Crippen LogP contribution in [-0.2, 0) is 0 Å². The Hall–Kier alpha value is -0.130. The van der Waals surface area contributed by atoms with Gasteiger partial charge in [0.2, 0.25) is 0 Å². The van der Waals surface area contributed by atoms with Crippen molar-refractivity contribution in [3.63, 3.8) is 0 Å². The third-order valence-electron chi connectivity index (χ3n) is 2.57. The van der Waals surface area contributed by atoms with Crippen LogP contribution < -0.4 is 5.32 Å². The normalized spacial score (nSPS) is 12.7. The zero-order chi connectivity index (χ0) is 13.3. The lowest BCUT2D eigenvalue weighted by atomic mass is 10.0. The van der Waals surface area contributed by atoms with Gasteiger partial charge in [0.1, 0.15) is 5.82 Å². The molecule has 1 aromatic heterocycles. The first-order chi connectivity index (χ1) is 8.56. The molecule has 2 aromatic rings. The second-order valence-electron chi connectivity index (χ2n) is 3.62. The van der Waals surface area contributed by atoms with Gasteiger partial charge in [-0.1, -0.05) is 29.3 Å². The highest BCUT2D eigenvalue weighted by molar-refractivity contribution is 9.10. The van der Waals surface area contributed by atoms with E-state index in [0.29, 0.717) is 15.1 Å². The van der Waals surface area contributed by atoms with E-state index in [1.54, 1.807) is 25.2 Å². The van der Waals surface area contributed by atoms with Crippen molar-refractivity contribution >= 4 is 50.5 Å². The molecule has 6 heteroatoms. The van der Waals surface area contributed by atoms with E-state index in [-0.39, 0.29) is 11.1 Å². The molecule has 0 fully saturated rings. The molecule has 0 aliphatic rings. The van der Waals surface area contributed by atoms with Gasteiger partial charge in [0.05, 0.1) is 16.1 Å². The average molecular weight is 369 g/mol. The summed E-state index contributed by atoms with van der Waals surface area (Å²) in [4.78, 5) is 0.872. The molecule has 0 aliphatic heterocycles. The molecule has 0 spiro atoms. The lowest BCUT2D eigenvalue weighted by Crippen LogP contribution is -2.18. The fourth-order valence-corrected chi connectivity index (χ4v) is 3.47. The summed E-state index contributed by atoms with van der Waals surface area (Å²) >= 11 is 16.7. The molecule has 1 aromatic carbocycles. The summed E-state index contributed by atoms with van der Waals surface area (Å²) in [6.07, 6.45) is 0. The van der Waals surface area contributed by atoms with Crippen LogP contribution >= 0.6 is 50.5 Å². The minimum Gasteiger partial charge on any atom is -0.309 e. The minimum atomic E-state index is -0.435. The number of nitrogens with one attached hydrogen (secondary N) is 1. The van der Waals surface area contributed by atoms with E-state index in [2.05, 4.69) is 21.2 Å².